The van der Waals surface area contributed by atoms with E-state index in [4.69, 9.17) is 4.74 Å². The van der Waals surface area contributed by atoms with Crippen LogP contribution in [0, 0.1) is 5.92 Å². The maximum absolute atomic E-state index is 14.1. The fourth-order valence-corrected chi connectivity index (χ4v) is 6.13. The number of anilines is 1. The van der Waals surface area contributed by atoms with E-state index in [1.54, 1.807) is 11.8 Å². The van der Waals surface area contributed by atoms with Crippen molar-refractivity contribution in [1.82, 2.24) is 9.80 Å². The average Bonchev–Trinajstić information content (AvgIpc) is 3.38. The lowest BCUT2D eigenvalue weighted by Gasteiger charge is -2.34. The number of nitrogens with one attached hydrogen (secondary N) is 1. The number of nitrogens with zero attached hydrogens (tertiary/aromatic N) is 2. The molecule has 5 atom stereocenters. The Hall–Kier alpha value is -3.43. The summed E-state index contributed by atoms with van der Waals surface area (Å²) in [6.07, 6.45) is -0.528. The van der Waals surface area contributed by atoms with E-state index in [0.717, 1.165) is 16.8 Å². The van der Waals surface area contributed by atoms with Crippen molar-refractivity contribution in [3.8, 4) is 0 Å². The quantitative estimate of drug-likeness (QED) is 0.529. The zero-order valence-electron chi connectivity index (χ0n) is 21.1. The number of fused-ring (bicyclic) bond motifs is 2. The minimum Gasteiger partial charge on any atom is -0.445 e. The fourth-order valence-electron chi connectivity index (χ4n) is 6.13. The molecule has 1 saturated heterocycles. The third-order valence-electron chi connectivity index (χ3n) is 8.20. The van der Waals surface area contributed by atoms with Crippen molar-refractivity contribution in [2.75, 3.05) is 25.5 Å². The molecule has 37 heavy (non-hydrogen) atoms. The molecule has 9 heteroatoms. The van der Waals surface area contributed by atoms with Crippen molar-refractivity contribution in [1.29, 1.82) is 0 Å². The van der Waals surface area contributed by atoms with Gasteiger partial charge in [0.25, 0.3) is 0 Å². The van der Waals surface area contributed by atoms with Crippen LogP contribution in [0.4, 0.5) is 10.5 Å². The summed E-state index contributed by atoms with van der Waals surface area (Å²) < 4.78 is 5.46. The van der Waals surface area contributed by atoms with Crippen LogP contribution in [-0.2, 0) is 26.3 Å². The van der Waals surface area contributed by atoms with E-state index in [9.17, 15) is 24.6 Å². The van der Waals surface area contributed by atoms with Gasteiger partial charge in [-0.2, -0.15) is 0 Å². The number of aliphatic hydroxyl groups excluding tert-OH is 2. The van der Waals surface area contributed by atoms with Crippen LogP contribution in [0.2, 0.25) is 0 Å². The first-order valence-electron chi connectivity index (χ1n) is 12.7. The molecule has 2 heterocycles. The SMILES string of the molecule is CC(O)C[C@@H](C(=O)N1C[C@]2(CC13C[C@@H]3CO)C(=O)Nc1ccccc12)N(C)C(=O)OCc1ccccc1. The highest BCUT2D eigenvalue weighted by molar-refractivity contribution is 6.07. The van der Waals surface area contributed by atoms with E-state index in [0.29, 0.717) is 12.8 Å². The van der Waals surface area contributed by atoms with Crippen LogP contribution in [-0.4, -0.2) is 75.8 Å². The van der Waals surface area contributed by atoms with Crippen LogP contribution >= 0.6 is 0 Å². The molecular weight excluding hydrogens is 474 g/mol. The highest BCUT2D eigenvalue weighted by atomic mass is 16.6. The van der Waals surface area contributed by atoms with Gasteiger partial charge in [0, 0.05) is 43.8 Å². The largest absolute Gasteiger partial charge is 0.445 e. The van der Waals surface area contributed by atoms with Crippen LogP contribution in [0.15, 0.2) is 54.6 Å². The standard InChI is InChI=1S/C28H33N3O6/c1-18(33)12-23(30(2)26(36)37-15-19-8-4-3-5-9-19)24(34)31-17-27(16-28(31)13-20(28)14-32)21-10-6-7-11-22(21)29-25(27)35/h3-11,18,20,23,32-33H,12-17H2,1-2H3,(H,29,35)/t18?,20-,23+,27+,28?/m1/s1. The van der Waals surface area contributed by atoms with Gasteiger partial charge < -0.3 is 25.2 Å². The van der Waals surface area contributed by atoms with E-state index in [2.05, 4.69) is 5.32 Å². The molecule has 2 fully saturated rings. The number of hydrogen-bond acceptors (Lipinski definition) is 6. The topological polar surface area (TPSA) is 119 Å². The number of rotatable bonds is 7. The number of amides is 3. The monoisotopic (exact) mass is 507 g/mol. The molecule has 2 spiro atoms. The predicted octanol–water partition coefficient (Wildman–Crippen LogP) is 2.27. The molecule has 0 radical (unpaired) electrons. The first-order chi connectivity index (χ1) is 17.7. The van der Waals surface area contributed by atoms with Gasteiger partial charge in [-0.25, -0.2) is 4.79 Å². The van der Waals surface area contributed by atoms with Gasteiger partial charge in [-0.3, -0.25) is 14.5 Å². The predicted molar refractivity (Wildman–Crippen MR) is 135 cm³/mol. The molecule has 2 aromatic carbocycles. The summed E-state index contributed by atoms with van der Waals surface area (Å²) in [7, 11) is 1.49. The molecule has 3 aliphatic rings. The molecule has 0 bridgehead atoms. The number of carbonyl (C=O) groups excluding carboxylic acids is 3. The lowest BCUT2D eigenvalue weighted by molar-refractivity contribution is -0.139. The highest BCUT2D eigenvalue weighted by Crippen LogP contribution is 2.62. The second-order valence-electron chi connectivity index (χ2n) is 10.6. The number of likely N-dealkylation sites (N-methyl/N-ethyl adjacent to an activating group) is 1. The van der Waals surface area contributed by atoms with Crippen molar-refractivity contribution >= 4 is 23.6 Å². The van der Waals surface area contributed by atoms with Crippen LogP contribution in [0.25, 0.3) is 0 Å². The van der Waals surface area contributed by atoms with Gasteiger partial charge in [-0.05, 0) is 37.0 Å². The number of benzene rings is 2. The second kappa shape index (κ2) is 9.46. The van der Waals surface area contributed by atoms with Crippen molar-refractivity contribution in [3.05, 3.63) is 65.7 Å². The van der Waals surface area contributed by atoms with Crippen LogP contribution in [0.5, 0.6) is 0 Å². The Bertz CT molecular complexity index is 1200. The van der Waals surface area contributed by atoms with Crippen molar-refractivity contribution in [2.24, 2.45) is 5.92 Å². The number of hydrogen-bond donors (Lipinski definition) is 3. The van der Waals surface area contributed by atoms with E-state index in [1.807, 2.05) is 54.6 Å². The number of carbonyl (C=O) groups is 3. The zero-order valence-corrected chi connectivity index (χ0v) is 21.1. The Balaban J connectivity index is 1.41. The van der Waals surface area contributed by atoms with E-state index in [-0.39, 0.29) is 43.9 Å². The Morgan fingerprint density at radius 3 is 2.57 bits per heavy atom. The van der Waals surface area contributed by atoms with Crippen molar-refractivity contribution in [2.45, 2.75) is 55.9 Å². The molecule has 9 nitrogen and oxygen atoms in total. The normalized spacial score (nSPS) is 27.1. The smallest absolute Gasteiger partial charge is 0.410 e. The van der Waals surface area contributed by atoms with Gasteiger partial charge in [0.05, 0.1) is 11.5 Å². The first kappa shape index (κ1) is 25.2. The molecule has 3 amide bonds. The van der Waals surface area contributed by atoms with Crippen LogP contribution in [0.3, 0.4) is 0 Å². The Morgan fingerprint density at radius 1 is 1.19 bits per heavy atom. The minimum atomic E-state index is -0.991. The zero-order chi connectivity index (χ0) is 26.4. The molecule has 1 saturated carbocycles. The maximum atomic E-state index is 14.1. The molecule has 5 rings (SSSR count). The van der Waals surface area contributed by atoms with E-state index < -0.39 is 29.2 Å². The lowest BCUT2D eigenvalue weighted by Crippen LogP contribution is -2.53. The Labute approximate surface area is 216 Å². The Morgan fingerprint density at radius 2 is 1.89 bits per heavy atom. The van der Waals surface area contributed by atoms with Gasteiger partial charge in [-0.15, -0.1) is 0 Å². The highest BCUT2D eigenvalue weighted by Gasteiger charge is 2.71. The summed E-state index contributed by atoms with van der Waals surface area (Å²) in [4.78, 5) is 43.3. The molecule has 1 aliphatic carbocycles. The second-order valence-corrected chi connectivity index (χ2v) is 10.6. The number of likely N-dealkylation sites (tertiary alicyclic amines) is 1. The van der Waals surface area contributed by atoms with Crippen molar-refractivity contribution < 1.29 is 29.3 Å². The maximum Gasteiger partial charge on any atom is 0.410 e. The Kier molecular flexibility index (Phi) is 6.45. The average molecular weight is 508 g/mol. The summed E-state index contributed by atoms with van der Waals surface area (Å²) in [5.41, 5.74) is 0.809. The summed E-state index contributed by atoms with van der Waals surface area (Å²) in [5, 5.41) is 23.2. The lowest BCUT2D eigenvalue weighted by atomic mass is 9.79. The third kappa shape index (κ3) is 4.26. The van der Waals surface area contributed by atoms with Gasteiger partial charge in [0.1, 0.15) is 12.6 Å². The first-order valence-corrected chi connectivity index (χ1v) is 12.7. The third-order valence-corrected chi connectivity index (χ3v) is 8.20. The summed E-state index contributed by atoms with van der Waals surface area (Å²) in [5.74, 6) is -0.668. The number of aliphatic hydroxyl groups is 2. The number of ether oxygens (including phenoxy) is 1. The molecule has 2 unspecified atom stereocenters. The summed E-state index contributed by atoms with van der Waals surface area (Å²) >= 11 is 0. The van der Waals surface area contributed by atoms with E-state index >= 15 is 0 Å². The molecule has 2 aromatic rings. The van der Waals surface area contributed by atoms with Gasteiger partial charge >= 0.3 is 6.09 Å². The van der Waals surface area contributed by atoms with Crippen LogP contribution in [0.1, 0.15) is 37.3 Å². The molecular formula is C28H33N3O6. The van der Waals surface area contributed by atoms with Gasteiger partial charge in [-0.1, -0.05) is 48.5 Å². The molecule has 196 valence electrons. The van der Waals surface area contributed by atoms with Gasteiger partial charge in [0.2, 0.25) is 11.8 Å². The molecule has 3 N–H and O–H groups in total. The molecule has 2 aliphatic heterocycles. The van der Waals surface area contributed by atoms with E-state index in [1.165, 1.54) is 11.9 Å². The minimum absolute atomic E-state index is 0.0158. The van der Waals surface area contributed by atoms with Crippen molar-refractivity contribution in [3.63, 3.8) is 0 Å². The summed E-state index contributed by atoms with van der Waals surface area (Å²) in [6.45, 7) is 1.67. The fraction of sp³-hybridized carbons (Fsp3) is 0.464. The van der Waals surface area contributed by atoms with Crippen LogP contribution < -0.4 is 5.32 Å². The summed E-state index contributed by atoms with van der Waals surface area (Å²) in [6, 6.07) is 15.7. The van der Waals surface area contributed by atoms with Gasteiger partial charge in [0.15, 0.2) is 0 Å². The number of para-hydroxylation sites is 1. The molecule has 0 aromatic heterocycles.